The summed E-state index contributed by atoms with van der Waals surface area (Å²) in [5.74, 6) is 1.02. The van der Waals surface area contributed by atoms with E-state index in [-0.39, 0.29) is 6.10 Å². The third-order valence-electron chi connectivity index (χ3n) is 3.82. The molecule has 0 amide bonds. The number of morpholine rings is 1. The molecule has 1 fully saturated rings. The van der Waals surface area contributed by atoms with Crippen molar-refractivity contribution in [3.8, 4) is 0 Å². The van der Waals surface area contributed by atoms with Crippen LogP contribution in [0.2, 0.25) is 0 Å². The van der Waals surface area contributed by atoms with Gasteiger partial charge in [-0.1, -0.05) is 0 Å². The van der Waals surface area contributed by atoms with E-state index in [1.165, 1.54) is 5.56 Å². The van der Waals surface area contributed by atoms with Gasteiger partial charge in [0.2, 0.25) is 0 Å². The second kappa shape index (κ2) is 5.66. The first-order chi connectivity index (χ1) is 10.8. The van der Waals surface area contributed by atoms with Gasteiger partial charge in [-0.2, -0.15) is 5.10 Å². The zero-order valence-corrected chi connectivity index (χ0v) is 13.2. The lowest BCUT2D eigenvalue weighted by molar-refractivity contribution is 0.0273. The number of aryl methyl sites for hydroxylation is 1. The Morgan fingerprint density at radius 1 is 1.41 bits per heavy atom. The van der Waals surface area contributed by atoms with E-state index in [1.807, 2.05) is 30.1 Å². The number of anilines is 1. The van der Waals surface area contributed by atoms with Gasteiger partial charge in [-0.05, 0) is 23.9 Å². The molecule has 4 rings (SSSR count). The van der Waals surface area contributed by atoms with Gasteiger partial charge in [0.25, 0.3) is 0 Å². The predicted molar refractivity (Wildman–Crippen MR) is 86.3 cm³/mol. The van der Waals surface area contributed by atoms with Gasteiger partial charge in [-0.3, -0.25) is 4.68 Å². The van der Waals surface area contributed by atoms with Crippen molar-refractivity contribution in [2.75, 3.05) is 24.6 Å². The Hall–Kier alpha value is -1.99. The number of nitrogens with zero attached hydrogens (tertiary/aromatic N) is 5. The summed E-state index contributed by atoms with van der Waals surface area (Å²) < 4.78 is 8.99. The van der Waals surface area contributed by atoms with Crippen LogP contribution >= 0.6 is 11.3 Å². The molecule has 0 N–H and O–H groups in total. The zero-order valence-electron chi connectivity index (χ0n) is 12.3. The average molecular weight is 315 g/mol. The van der Waals surface area contributed by atoms with Crippen molar-refractivity contribution in [2.24, 2.45) is 0 Å². The van der Waals surface area contributed by atoms with E-state index in [0.717, 1.165) is 35.7 Å². The fourth-order valence-corrected chi connectivity index (χ4v) is 3.66. The van der Waals surface area contributed by atoms with Crippen LogP contribution in [0.15, 0.2) is 30.2 Å². The maximum atomic E-state index is 5.89. The van der Waals surface area contributed by atoms with E-state index >= 15 is 0 Å². The van der Waals surface area contributed by atoms with Gasteiger partial charge in [0, 0.05) is 19.3 Å². The Kier molecular flexibility index (Phi) is 3.51. The van der Waals surface area contributed by atoms with Crippen LogP contribution in [0, 0.1) is 6.92 Å². The summed E-state index contributed by atoms with van der Waals surface area (Å²) in [6.45, 7) is 5.21. The molecule has 0 aromatic carbocycles. The lowest BCUT2D eigenvalue weighted by atomic mass is 10.2. The van der Waals surface area contributed by atoms with Crippen LogP contribution in [0.25, 0.3) is 10.2 Å². The fraction of sp³-hybridized carbons (Fsp3) is 0.400. The van der Waals surface area contributed by atoms with Crippen LogP contribution in [-0.4, -0.2) is 45.5 Å². The average Bonchev–Trinajstić information content (AvgIpc) is 3.16. The summed E-state index contributed by atoms with van der Waals surface area (Å²) in [5.41, 5.74) is 2.18. The summed E-state index contributed by atoms with van der Waals surface area (Å²) in [6.07, 6.45) is 5.69. The molecule has 1 atom stereocenters. The van der Waals surface area contributed by atoms with Gasteiger partial charge in [0.15, 0.2) is 0 Å². The predicted octanol–water partition coefficient (Wildman–Crippen LogP) is 2.10. The zero-order chi connectivity index (χ0) is 14.9. The minimum absolute atomic E-state index is 0.123. The van der Waals surface area contributed by atoms with E-state index in [1.54, 1.807) is 17.7 Å². The molecule has 0 saturated carbocycles. The first kappa shape index (κ1) is 13.7. The third kappa shape index (κ3) is 2.57. The standard InChI is InChI=1S/C15H17N5OS/c1-11-6-18-20(7-11)9-12-8-19(3-4-21-12)15-14-13(2-5-22-14)16-10-17-15/h2,5-7,10,12H,3-4,8-9H2,1H3/t12-/m0/s1. The summed E-state index contributed by atoms with van der Waals surface area (Å²) in [4.78, 5) is 11.1. The lowest BCUT2D eigenvalue weighted by Gasteiger charge is -2.33. The second-order valence-electron chi connectivity index (χ2n) is 5.51. The number of thiophene rings is 1. The van der Waals surface area contributed by atoms with Gasteiger partial charge < -0.3 is 9.64 Å². The molecular weight excluding hydrogens is 298 g/mol. The highest BCUT2D eigenvalue weighted by Crippen LogP contribution is 2.28. The molecule has 0 unspecified atom stereocenters. The highest BCUT2D eigenvalue weighted by Gasteiger charge is 2.24. The normalized spacial score (nSPS) is 19.0. The quantitative estimate of drug-likeness (QED) is 0.741. The minimum Gasteiger partial charge on any atom is -0.373 e. The first-order valence-corrected chi connectivity index (χ1v) is 8.21. The van der Waals surface area contributed by atoms with Gasteiger partial charge in [0.1, 0.15) is 12.1 Å². The Bertz CT molecular complexity index is 783. The molecule has 4 heterocycles. The van der Waals surface area contributed by atoms with Crippen molar-refractivity contribution in [1.82, 2.24) is 19.7 Å². The van der Waals surface area contributed by atoms with Gasteiger partial charge in [-0.25, -0.2) is 9.97 Å². The number of hydrogen-bond acceptors (Lipinski definition) is 6. The maximum Gasteiger partial charge on any atom is 0.150 e. The van der Waals surface area contributed by atoms with Crippen molar-refractivity contribution in [3.05, 3.63) is 35.7 Å². The monoisotopic (exact) mass is 315 g/mol. The summed E-state index contributed by atoms with van der Waals surface area (Å²) >= 11 is 1.69. The minimum atomic E-state index is 0.123. The molecule has 0 bridgehead atoms. The second-order valence-corrected chi connectivity index (χ2v) is 6.43. The van der Waals surface area contributed by atoms with Crippen molar-refractivity contribution in [3.63, 3.8) is 0 Å². The van der Waals surface area contributed by atoms with Crippen LogP contribution in [0.4, 0.5) is 5.82 Å². The molecule has 22 heavy (non-hydrogen) atoms. The molecule has 3 aromatic rings. The summed E-state index contributed by atoms with van der Waals surface area (Å²) in [5, 5.41) is 6.41. The van der Waals surface area contributed by atoms with Crippen molar-refractivity contribution in [1.29, 1.82) is 0 Å². The number of rotatable bonds is 3. The number of hydrogen-bond donors (Lipinski definition) is 0. The molecule has 0 spiro atoms. The number of ether oxygens (including phenoxy) is 1. The molecule has 0 radical (unpaired) electrons. The molecule has 114 valence electrons. The summed E-state index contributed by atoms with van der Waals surface area (Å²) in [7, 11) is 0. The van der Waals surface area contributed by atoms with Crippen LogP contribution in [0.5, 0.6) is 0 Å². The topological polar surface area (TPSA) is 56.1 Å². The molecule has 1 aliphatic rings. The molecule has 0 aliphatic carbocycles. The SMILES string of the molecule is Cc1cnn(C[C@@H]2CN(c3ncnc4ccsc34)CCO2)c1. The van der Waals surface area contributed by atoms with E-state index in [9.17, 15) is 0 Å². The first-order valence-electron chi connectivity index (χ1n) is 7.33. The van der Waals surface area contributed by atoms with Gasteiger partial charge in [-0.15, -0.1) is 11.3 Å². The fourth-order valence-electron chi connectivity index (χ4n) is 2.80. The molecule has 6 nitrogen and oxygen atoms in total. The van der Waals surface area contributed by atoms with Crippen LogP contribution < -0.4 is 4.90 Å². The number of aromatic nitrogens is 4. The Morgan fingerprint density at radius 3 is 3.23 bits per heavy atom. The van der Waals surface area contributed by atoms with Gasteiger partial charge >= 0.3 is 0 Å². The van der Waals surface area contributed by atoms with Crippen molar-refractivity contribution >= 4 is 27.4 Å². The van der Waals surface area contributed by atoms with Crippen LogP contribution in [-0.2, 0) is 11.3 Å². The largest absolute Gasteiger partial charge is 0.373 e. The molecule has 7 heteroatoms. The van der Waals surface area contributed by atoms with E-state index < -0.39 is 0 Å². The van der Waals surface area contributed by atoms with E-state index in [2.05, 4.69) is 25.3 Å². The summed E-state index contributed by atoms with van der Waals surface area (Å²) in [6, 6.07) is 2.04. The molecular formula is C15H17N5OS. The van der Waals surface area contributed by atoms with E-state index in [4.69, 9.17) is 4.74 Å². The Morgan fingerprint density at radius 2 is 2.36 bits per heavy atom. The highest BCUT2D eigenvalue weighted by atomic mass is 32.1. The smallest absolute Gasteiger partial charge is 0.150 e. The molecule has 1 aliphatic heterocycles. The molecule has 1 saturated heterocycles. The van der Waals surface area contributed by atoms with Crippen molar-refractivity contribution in [2.45, 2.75) is 19.6 Å². The molecule has 3 aromatic heterocycles. The van der Waals surface area contributed by atoms with Crippen LogP contribution in [0.3, 0.4) is 0 Å². The highest BCUT2D eigenvalue weighted by molar-refractivity contribution is 7.17. The Labute approximate surface area is 132 Å². The van der Waals surface area contributed by atoms with Gasteiger partial charge in [0.05, 0.1) is 35.7 Å². The third-order valence-corrected chi connectivity index (χ3v) is 4.72. The Balaban J connectivity index is 1.54. The van der Waals surface area contributed by atoms with Crippen LogP contribution in [0.1, 0.15) is 5.56 Å². The number of fused-ring (bicyclic) bond motifs is 1. The van der Waals surface area contributed by atoms with Crippen molar-refractivity contribution < 1.29 is 4.74 Å². The lowest BCUT2D eigenvalue weighted by Crippen LogP contribution is -2.44. The van der Waals surface area contributed by atoms with E-state index in [0.29, 0.717) is 6.61 Å². The maximum absolute atomic E-state index is 5.89.